The summed E-state index contributed by atoms with van der Waals surface area (Å²) < 4.78 is 0. The van der Waals surface area contributed by atoms with Crippen LogP contribution >= 0.6 is 11.6 Å². The predicted molar refractivity (Wildman–Crippen MR) is 119 cm³/mol. The molecule has 0 spiro atoms. The van der Waals surface area contributed by atoms with E-state index in [2.05, 4.69) is 17.1 Å². The van der Waals surface area contributed by atoms with Gasteiger partial charge in [0.25, 0.3) is 5.91 Å². The van der Waals surface area contributed by atoms with E-state index in [9.17, 15) is 9.59 Å². The first-order valence-electron chi connectivity index (χ1n) is 10.3. The third-order valence-corrected chi connectivity index (χ3v) is 5.43. The molecule has 0 radical (unpaired) electrons. The van der Waals surface area contributed by atoms with Crippen molar-refractivity contribution in [3.05, 3.63) is 59.1 Å². The lowest BCUT2D eigenvalue weighted by atomic mass is 10.1. The summed E-state index contributed by atoms with van der Waals surface area (Å²) in [6.45, 7) is 5.04. The van der Waals surface area contributed by atoms with Crippen molar-refractivity contribution in [3.63, 3.8) is 0 Å². The molecule has 0 bridgehead atoms. The fourth-order valence-electron chi connectivity index (χ4n) is 3.46. The Labute approximate surface area is 177 Å². The topological polar surface area (TPSA) is 52.7 Å². The van der Waals surface area contributed by atoms with Gasteiger partial charge in [0.15, 0.2) is 0 Å². The minimum atomic E-state index is 0.0439. The number of hydrogen-bond acceptors (Lipinski definition) is 3. The maximum absolute atomic E-state index is 12.6. The van der Waals surface area contributed by atoms with Crippen LogP contribution in [0.1, 0.15) is 43.0 Å². The average molecular weight is 414 g/mol. The van der Waals surface area contributed by atoms with Crippen LogP contribution in [0.3, 0.4) is 0 Å². The van der Waals surface area contributed by atoms with E-state index in [0.717, 1.165) is 43.7 Å². The summed E-state index contributed by atoms with van der Waals surface area (Å²) in [5.74, 6) is 0.114. The Bertz CT molecular complexity index is 813. The molecule has 0 aromatic heterocycles. The van der Waals surface area contributed by atoms with Gasteiger partial charge in [-0.1, -0.05) is 31.4 Å². The highest BCUT2D eigenvalue weighted by atomic mass is 35.5. The number of unbranched alkanes of at least 4 members (excludes halogenated alkanes) is 2. The van der Waals surface area contributed by atoms with Gasteiger partial charge in [-0.15, -0.1) is 0 Å². The summed E-state index contributed by atoms with van der Waals surface area (Å²) in [7, 11) is 0. The van der Waals surface area contributed by atoms with Crippen molar-refractivity contribution in [2.75, 3.05) is 36.4 Å². The second-order valence-electron chi connectivity index (χ2n) is 7.34. The maximum atomic E-state index is 12.6. The molecule has 0 aliphatic carbocycles. The van der Waals surface area contributed by atoms with Crippen LogP contribution < -0.4 is 10.2 Å². The maximum Gasteiger partial charge on any atom is 0.253 e. The molecule has 3 rings (SSSR count). The van der Waals surface area contributed by atoms with Gasteiger partial charge in [-0.3, -0.25) is 9.59 Å². The minimum Gasteiger partial charge on any atom is -0.368 e. The number of carbonyl (C=O) groups excluding carboxylic acids is 2. The van der Waals surface area contributed by atoms with Gasteiger partial charge >= 0.3 is 0 Å². The third kappa shape index (κ3) is 5.97. The molecule has 1 N–H and O–H groups in total. The summed E-state index contributed by atoms with van der Waals surface area (Å²) in [5.41, 5.74) is 2.60. The van der Waals surface area contributed by atoms with Gasteiger partial charge in [-0.05, 0) is 55.0 Å². The minimum absolute atomic E-state index is 0.0439. The molecular weight excluding hydrogens is 386 g/mol. The van der Waals surface area contributed by atoms with Crippen molar-refractivity contribution in [2.24, 2.45) is 0 Å². The van der Waals surface area contributed by atoms with Crippen molar-refractivity contribution in [3.8, 4) is 0 Å². The molecule has 29 heavy (non-hydrogen) atoms. The lowest BCUT2D eigenvalue weighted by Gasteiger charge is -2.36. The zero-order chi connectivity index (χ0) is 20.6. The SMILES string of the molecule is CCCCCC(=O)Nc1ccc(N2CCN(C(=O)c3ccc(Cl)cc3)CC2)cc1. The number of halogens is 1. The van der Waals surface area contributed by atoms with Crippen molar-refractivity contribution in [2.45, 2.75) is 32.6 Å². The van der Waals surface area contributed by atoms with E-state index in [-0.39, 0.29) is 11.8 Å². The monoisotopic (exact) mass is 413 g/mol. The summed E-state index contributed by atoms with van der Waals surface area (Å²) in [6, 6.07) is 15.0. The van der Waals surface area contributed by atoms with Crippen LogP contribution in [0.15, 0.2) is 48.5 Å². The Kier molecular flexibility index (Phi) is 7.53. The Morgan fingerprint density at radius 2 is 1.59 bits per heavy atom. The molecule has 6 heteroatoms. The fraction of sp³-hybridized carbons (Fsp3) is 0.391. The zero-order valence-electron chi connectivity index (χ0n) is 16.9. The summed E-state index contributed by atoms with van der Waals surface area (Å²) in [5, 5.41) is 3.59. The zero-order valence-corrected chi connectivity index (χ0v) is 17.6. The number of nitrogens with one attached hydrogen (secondary N) is 1. The standard InChI is InChI=1S/C23H28ClN3O2/c1-2-3-4-5-22(28)25-20-10-12-21(13-11-20)26-14-16-27(17-15-26)23(29)18-6-8-19(24)9-7-18/h6-13H,2-5,14-17H2,1H3,(H,25,28). The van der Waals surface area contributed by atoms with E-state index < -0.39 is 0 Å². The van der Waals surface area contributed by atoms with E-state index in [4.69, 9.17) is 11.6 Å². The normalized spacial score (nSPS) is 14.0. The van der Waals surface area contributed by atoms with E-state index >= 15 is 0 Å². The number of rotatable bonds is 7. The number of carbonyl (C=O) groups is 2. The summed E-state index contributed by atoms with van der Waals surface area (Å²) in [4.78, 5) is 28.7. The largest absolute Gasteiger partial charge is 0.368 e. The summed E-state index contributed by atoms with van der Waals surface area (Å²) in [6.07, 6.45) is 3.69. The Hall–Kier alpha value is -2.53. The van der Waals surface area contributed by atoms with Gasteiger partial charge in [-0.25, -0.2) is 0 Å². The molecule has 5 nitrogen and oxygen atoms in total. The van der Waals surface area contributed by atoms with E-state index in [1.54, 1.807) is 24.3 Å². The van der Waals surface area contributed by atoms with Crippen molar-refractivity contribution < 1.29 is 9.59 Å². The molecule has 1 saturated heterocycles. The highest BCUT2D eigenvalue weighted by Gasteiger charge is 2.22. The van der Waals surface area contributed by atoms with Crippen LogP contribution in [0.25, 0.3) is 0 Å². The first-order valence-corrected chi connectivity index (χ1v) is 10.6. The first-order chi connectivity index (χ1) is 14.1. The van der Waals surface area contributed by atoms with E-state index in [0.29, 0.717) is 30.1 Å². The van der Waals surface area contributed by atoms with Gasteiger partial charge in [-0.2, -0.15) is 0 Å². The van der Waals surface area contributed by atoms with Gasteiger partial charge in [0.1, 0.15) is 0 Å². The third-order valence-electron chi connectivity index (χ3n) is 5.18. The molecule has 0 atom stereocenters. The lowest BCUT2D eigenvalue weighted by molar-refractivity contribution is -0.116. The quantitative estimate of drug-likeness (QED) is 0.662. The van der Waals surface area contributed by atoms with Gasteiger partial charge in [0.05, 0.1) is 0 Å². The molecule has 2 aromatic rings. The van der Waals surface area contributed by atoms with E-state index in [1.165, 1.54) is 0 Å². The smallest absolute Gasteiger partial charge is 0.253 e. The molecular formula is C23H28ClN3O2. The number of piperazine rings is 1. The Morgan fingerprint density at radius 1 is 0.931 bits per heavy atom. The summed E-state index contributed by atoms with van der Waals surface area (Å²) >= 11 is 5.90. The molecule has 2 aromatic carbocycles. The number of benzene rings is 2. The van der Waals surface area contributed by atoms with Crippen molar-refractivity contribution in [1.82, 2.24) is 4.90 Å². The first kappa shape index (κ1) is 21.2. The van der Waals surface area contributed by atoms with Crippen LogP contribution in [0.2, 0.25) is 5.02 Å². The number of hydrogen-bond donors (Lipinski definition) is 1. The number of anilines is 2. The van der Waals surface area contributed by atoms with Crippen LogP contribution in [0.5, 0.6) is 0 Å². The molecule has 154 valence electrons. The Balaban J connectivity index is 1.49. The molecule has 1 aliphatic heterocycles. The molecule has 2 amide bonds. The fourth-order valence-corrected chi connectivity index (χ4v) is 3.58. The lowest BCUT2D eigenvalue weighted by Crippen LogP contribution is -2.48. The Morgan fingerprint density at radius 3 is 2.21 bits per heavy atom. The van der Waals surface area contributed by atoms with Crippen LogP contribution in [0.4, 0.5) is 11.4 Å². The predicted octanol–water partition coefficient (Wildman–Crippen LogP) is 4.82. The molecule has 0 saturated carbocycles. The average Bonchev–Trinajstić information content (AvgIpc) is 2.75. The number of nitrogens with zero attached hydrogens (tertiary/aromatic N) is 2. The highest BCUT2D eigenvalue weighted by Crippen LogP contribution is 2.21. The number of amides is 2. The van der Waals surface area contributed by atoms with Crippen molar-refractivity contribution in [1.29, 1.82) is 0 Å². The van der Waals surface area contributed by atoms with Gasteiger partial charge in [0.2, 0.25) is 5.91 Å². The van der Waals surface area contributed by atoms with Crippen LogP contribution in [-0.2, 0) is 4.79 Å². The second-order valence-corrected chi connectivity index (χ2v) is 7.77. The molecule has 1 heterocycles. The molecule has 0 unspecified atom stereocenters. The van der Waals surface area contributed by atoms with Crippen molar-refractivity contribution >= 4 is 34.8 Å². The van der Waals surface area contributed by atoms with Gasteiger partial charge in [0, 0.05) is 54.6 Å². The van der Waals surface area contributed by atoms with Crippen LogP contribution in [-0.4, -0.2) is 42.9 Å². The van der Waals surface area contributed by atoms with E-state index in [1.807, 2.05) is 29.2 Å². The second kappa shape index (κ2) is 10.3. The van der Waals surface area contributed by atoms with Crippen LogP contribution in [0, 0.1) is 0 Å². The van der Waals surface area contributed by atoms with Gasteiger partial charge < -0.3 is 15.1 Å². The highest BCUT2D eigenvalue weighted by molar-refractivity contribution is 6.30. The molecule has 1 fully saturated rings. The molecule has 1 aliphatic rings.